The summed E-state index contributed by atoms with van der Waals surface area (Å²) >= 11 is 0. The van der Waals surface area contributed by atoms with Crippen molar-refractivity contribution in [3.63, 3.8) is 0 Å². The lowest BCUT2D eigenvalue weighted by atomic mass is 9.94. The van der Waals surface area contributed by atoms with Crippen molar-refractivity contribution >= 4 is 11.6 Å². The van der Waals surface area contributed by atoms with Crippen LogP contribution in [0, 0.1) is 0 Å². The Kier molecular flexibility index (Phi) is 8.54. The molecule has 0 spiro atoms. The monoisotopic (exact) mass is 362 g/mol. The number of likely N-dealkylation sites (N-methyl/N-ethyl adjacent to an activating group) is 1. The topological polar surface area (TPSA) is 58.1 Å². The summed E-state index contributed by atoms with van der Waals surface area (Å²) in [5.74, 6) is 2.22. The lowest BCUT2D eigenvalue weighted by Gasteiger charge is -2.31. The minimum Gasteiger partial charge on any atom is -0.493 e. The second-order valence-corrected chi connectivity index (χ2v) is 6.70. The molecule has 0 saturated heterocycles. The van der Waals surface area contributed by atoms with Gasteiger partial charge in [0.15, 0.2) is 17.5 Å². The molecule has 1 aromatic rings. The summed E-state index contributed by atoms with van der Waals surface area (Å²) in [7, 11) is 5.66. The average molecular weight is 363 g/mol. The van der Waals surface area contributed by atoms with Crippen molar-refractivity contribution < 1.29 is 9.47 Å². The van der Waals surface area contributed by atoms with Crippen LogP contribution in [-0.2, 0) is 0 Å². The Labute approximate surface area is 158 Å². The normalized spacial score (nSPS) is 15.8. The van der Waals surface area contributed by atoms with E-state index in [0.717, 1.165) is 36.5 Å². The van der Waals surface area contributed by atoms with Crippen molar-refractivity contribution in [1.82, 2.24) is 10.2 Å². The van der Waals surface area contributed by atoms with E-state index in [1.54, 1.807) is 14.2 Å². The molecule has 2 N–H and O–H groups in total. The van der Waals surface area contributed by atoms with Crippen molar-refractivity contribution in [1.29, 1.82) is 0 Å². The highest BCUT2D eigenvalue weighted by Crippen LogP contribution is 2.30. The van der Waals surface area contributed by atoms with Crippen molar-refractivity contribution in [2.75, 3.05) is 46.2 Å². The van der Waals surface area contributed by atoms with E-state index < -0.39 is 0 Å². The van der Waals surface area contributed by atoms with Crippen LogP contribution in [0.25, 0.3) is 0 Å². The molecule has 0 atom stereocenters. The molecule has 0 aromatic heterocycles. The minimum atomic E-state index is 0.612. The first-order valence-electron chi connectivity index (χ1n) is 9.66. The van der Waals surface area contributed by atoms with Gasteiger partial charge in [-0.1, -0.05) is 19.3 Å². The highest BCUT2D eigenvalue weighted by Gasteiger charge is 2.17. The predicted molar refractivity (Wildman–Crippen MR) is 109 cm³/mol. The molecule has 1 saturated carbocycles. The third-order valence-electron chi connectivity index (χ3n) is 4.90. The second-order valence-electron chi connectivity index (χ2n) is 6.70. The van der Waals surface area contributed by atoms with Gasteiger partial charge < -0.3 is 25.0 Å². The van der Waals surface area contributed by atoms with Gasteiger partial charge in [-0.15, -0.1) is 0 Å². The zero-order valence-corrected chi connectivity index (χ0v) is 16.7. The molecule has 6 nitrogen and oxygen atoms in total. The SMILES string of the molecule is CCOc1ccc(NC(=NC)NCCN(C)C2CCCCC2)cc1OC. The van der Waals surface area contributed by atoms with E-state index in [-0.39, 0.29) is 0 Å². The molecular weight excluding hydrogens is 328 g/mol. The van der Waals surface area contributed by atoms with Crippen LogP contribution in [0.2, 0.25) is 0 Å². The zero-order valence-electron chi connectivity index (χ0n) is 16.7. The molecule has 1 aliphatic carbocycles. The second kappa shape index (κ2) is 10.9. The van der Waals surface area contributed by atoms with Crippen molar-refractivity contribution in [2.45, 2.75) is 45.1 Å². The number of guanidine groups is 1. The predicted octanol–water partition coefficient (Wildman–Crippen LogP) is 3.35. The number of anilines is 1. The van der Waals surface area contributed by atoms with Crippen molar-refractivity contribution in [3.8, 4) is 11.5 Å². The van der Waals surface area contributed by atoms with Gasteiger partial charge >= 0.3 is 0 Å². The molecule has 26 heavy (non-hydrogen) atoms. The number of ether oxygens (including phenoxy) is 2. The number of rotatable bonds is 8. The number of aliphatic imine (C=N–C) groups is 1. The van der Waals surface area contributed by atoms with E-state index in [2.05, 4.69) is 27.6 Å². The van der Waals surface area contributed by atoms with Crippen LogP contribution in [0.15, 0.2) is 23.2 Å². The van der Waals surface area contributed by atoms with Gasteiger partial charge in [-0.2, -0.15) is 0 Å². The summed E-state index contributed by atoms with van der Waals surface area (Å²) in [6.45, 7) is 4.45. The molecule has 6 heteroatoms. The first-order chi connectivity index (χ1) is 12.7. The number of methoxy groups -OCH3 is 1. The quantitative estimate of drug-likeness (QED) is 0.549. The largest absolute Gasteiger partial charge is 0.493 e. The van der Waals surface area contributed by atoms with Crippen LogP contribution in [0.4, 0.5) is 5.69 Å². The standard InChI is InChI=1S/C20H34N4O2/c1-5-26-18-12-11-16(15-19(18)25-4)23-20(21-2)22-13-14-24(3)17-9-7-6-8-10-17/h11-12,15,17H,5-10,13-14H2,1-4H3,(H2,21,22,23). The number of nitrogens with zero attached hydrogens (tertiary/aromatic N) is 2. The molecule has 2 rings (SSSR count). The molecule has 0 radical (unpaired) electrons. The maximum absolute atomic E-state index is 5.56. The van der Waals surface area contributed by atoms with Crippen LogP contribution in [0.5, 0.6) is 11.5 Å². The maximum atomic E-state index is 5.56. The zero-order chi connectivity index (χ0) is 18.8. The van der Waals surface area contributed by atoms with Crippen molar-refractivity contribution in [3.05, 3.63) is 18.2 Å². The van der Waals surface area contributed by atoms with Gasteiger partial charge in [0, 0.05) is 37.9 Å². The van der Waals surface area contributed by atoms with Gasteiger partial charge in [-0.25, -0.2) is 0 Å². The van der Waals surface area contributed by atoms with E-state index in [1.807, 2.05) is 25.1 Å². The van der Waals surface area contributed by atoms with E-state index in [1.165, 1.54) is 32.1 Å². The lowest BCUT2D eigenvalue weighted by Crippen LogP contribution is -2.41. The highest BCUT2D eigenvalue weighted by atomic mass is 16.5. The summed E-state index contributed by atoms with van der Waals surface area (Å²) < 4.78 is 11.0. The molecule has 0 amide bonds. The maximum Gasteiger partial charge on any atom is 0.195 e. The van der Waals surface area contributed by atoms with Gasteiger partial charge in [0.25, 0.3) is 0 Å². The Morgan fingerprint density at radius 2 is 2.00 bits per heavy atom. The molecule has 1 aliphatic rings. The van der Waals surface area contributed by atoms with Crippen LogP contribution in [-0.4, -0.2) is 57.8 Å². The Balaban J connectivity index is 1.83. The number of hydrogen-bond acceptors (Lipinski definition) is 4. The van der Waals surface area contributed by atoms with E-state index >= 15 is 0 Å². The van der Waals surface area contributed by atoms with Gasteiger partial charge in [-0.05, 0) is 38.9 Å². The fourth-order valence-corrected chi connectivity index (χ4v) is 3.39. The first kappa shape index (κ1) is 20.4. The van der Waals surface area contributed by atoms with Crippen LogP contribution in [0.1, 0.15) is 39.0 Å². The fraction of sp³-hybridized carbons (Fsp3) is 0.650. The molecule has 0 heterocycles. The lowest BCUT2D eigenvalue weighted by molar-refractivity contribution is 0.194. The minimum absolute atomic E-state index is 0.612. The first-order valence-corrected chi connectivity index (χ1v) is 9.66. The summed E-state index contributed by atoms with van der Waals surface area (Å²) in [5, 5.41) is 6.70. The van der Waals surface area contributed by atoms with Crippen LogP contribution in [0.3, 0.4) is 0 Å². The molecule has 1 aromatic carbocycles. The summed E-state index contributed by atoms with van der Waals surface area (Å²) in [6.07, 6.45) is 6.78. The number of hydrogen-bond donors (Lipinski definition) is 2. The molecule has 0 bridgehead atoms. The van der Waals surface area contributed by atoms with E-state index in [0.29, 0.717) is 12.4 Å². The summed E-state index contributed by atoms with van der Waals surface area (Å²) in [4.78, 5) is 6.78. The smallest absolute Gasteiger partial charge is 0.195 e. The van der Waals surface area contributed by atoms with E-state index in [4.69, 9.17) is 9.47 Å². The number of nitrogens with one attached hydrogen (secondary N) is 2. The van der Waals surface area contributed by atoms with Crippen LogP contribution >= 0.6 is 0 Å². The molecule has 1 fully saturated rings. The third-order valence-corrected chi connectivity index (χ3v) is 4.90. The highest BCUT2D eigenvalue weighted by molar-refractivity contribution is 5.93. The summed E-state index contributed by atoms with van der Waals surface area (Å²) in [5.41, 5.74) is 0.916. The summed E-state index contributed by atoms with van der Waals surface area (Å²) in [6, 6.07) is 6.53. The van der Waals surface area contributed by atoms with Gasteiger partial charge in [0.2, 0.25) is 0 Å². The van der Waals surface area contributed by atoms with Gasteiger partial charge in [0.05, 0.1) is 13.7 Å². The van der Waals surface area contributed by atoms with Crippen LogP contribution < -0.4 is 20.1 Å². The fourth-order valence-electron chi connectivity index (χ4n) is 3.39. The molecule has 0 unspecified atom stereocenters. The molecule has 0 aliphatic heterocycles. The Bertz CT molecular complexity index is 571. The van der Waals surface area contributed by atoms with Gasteiger partial charge in [-0.3, -0.25) is 4.99 Å². The van der Waals surface area contributed by atoms with Crippen molar-refractivity contribution in [2.24, 2.45) is 4.99 Å². The van der Waals surface area contributed by atoms with E-state index in [9.17, 15) is 0 Å². The van der Waals surface area contributed by atoms with Gasteiger partial charge in [0.1, 0.15) is 0 Å². The Hall–Kier alpha value is -1.95. The molecule has 146 valence electrons. The average Bonchev–Trinajstić information content (AvgIpc) is 2.68. The Morgan fingerprint density at radius 3 is 2.65 bits per heavy atom. The third kappa shape index (κ3) is 6.09. The number of benzene rings is 1. The Morgan fingerprint density at radius 1 is 1.23 bits per heavy atom. The molecular formula is C20H34N4O2.